The second kappa shape index (κ2) is 8.74. The van der Waals surface area contributed by atoms with E-state index in [4.69, 9.17) is 1.37 Å². The highest BCUT2D eigenvalue weighted by molar-refractivity contribution is 4.65. The molecule has 0 aliphatic heterocycles. The molecule has 0 heteroatoms. The topological polar surface area (TPSA) is 0 Å². The van der Waals surface area contributed by atoms with Crippen molar-refractivity contribution in [3.05, 3.63) is 12.6 Å². The fourth-order valence-corrected chi connectivity index (χ4v) is 1.04. The van der Waals surface area contributed by atoms with Crippen molar-refractivity contribution in [3.63, 3.8) is 0 Å². The first-order chi connectivity index (χ1) is 5.41. The molecule has 0 aromatic rings. The number of allylic oxidation sites excluding steroid dienone is 1. The van der Waals surface area contributed by atoms with Crippen molar-refractivity contribution in [2.24, 2.45) is 0 Å². The third-order valence-corrected chi connectivity index (χ3v) is 1.72. The Morgan fingerprint density at radius 3 is 2.60 bits per heavy atom. The Bertz CT molecular complexity index is 86.9. The van der Waals surface area contributed by atoms with Gasteiger partial charge in [0, 0.05) is 0 Å². The SMILES string of the molecule is [2H]C=CCCCCCCCC. The molecule has 0 bridgehead atoms. The molecule has 10 heavy (non-hydrogen) atoms. The van der Waals surface area contributed by atoms with Crippen LogP contribution in [0.3, 0.4) is 0 Å². The summed E-state index contributed by atoms with van der Waals surface area (Å²) in [5.74, 6) is 0. The van der Waals surface area contributed by atoms with Gasteiger partial charge >= 0.3 is 0 Å². The van der Waals surface area contributed by atoms with Crippen LogP contribution in [0.15, 0.2) is 12.6 Å². The Kier molecular flexibility index (Phi) is 6.85. The number of unbranched alkanes of at least 4 members (excludes halogenated alkanes) is 6. The summed E-state index contributed by atoms with van der Waals surface area (Å²) < 4.78 is 6.77. The minimum absolute atomic E-state index is 1.09. The van der Waals surface area contributed by atoms with Crippen LogP contribution < -0.4 is 0 Å². The van der Waals surface area contributed by atoms with E-state index in [9.17, 15) is 0 Å². The first kappa shape index (κ1) is 7.84. The van der Waals surface area contributed by atoms with Crippen LogP contribution in [0.4, 0.5) is 0 Å². The third-order valence-electron chi connectivity index (χ3n) is 1.72. The minimum Gasteiger partial charge on any atom is -0.103 e. The lowest BCUT2D eigenvalue weighted by Crippen LogP contribution is -1.76. The fourth-order valence-electron chi connectivity index (χ4n) is 1.04. The number of rotatable bonds is 7. The van der Waals surface area contributed by atoms with E-state index in [1.807, 2.05) is 6.08 Å². The van der Waals surface area contributed by atoms with Gasteiger partial charge in [0.15, 0.2) is 0 Å². The molecule has 0 N–H and O–H groups in total. The highest BCUT2D eigenvalue weighted by Gasteiger charge is 1.86. The van der Waals surface area contributed by atoms with Crippen molar-refractivity contribution >= 4 is 0 Å². The van der Waals surface area contributed by atoms with Crippen LogP contribution >= 0.6 is 0 Å². The predicted octanol–water partition coefficient (Wildman–Crippen LogP) is 3.92. The summed E-state index contributed by atoms with van der Waals surface area (Å²) in [6, 6.07) is 0. The zero-order chi connectivity index (χ0) is 8.36. The highest BCUT2D eigenvalue weighted by Crippen LogP contribution is 2.06. The van der Waals surface area contributed by atoms with Gasteiger partial charge in [0.25, 0.3) is 0 Å². The summed E-state index contributed by atoms with van der Waals surface area (Å²) >= 11 is 0. The van der Waals surface area contributed by atoms with Crippen molar-refractivity contribution in [1.82, 2.24) is 0 Å². The number of hydrogen-bond acceptors (Lipinski definition) is 0. The first-order valence-corrected chi connectivity index (χ1v) is 4.45. The predicted molar refractivity (Wildman–Crippen MR) is 48.2 cm³/mol. The maximum atomic E-state index is 6.77. The maximum Gasteiger partial charge on any atom is 0.0534 e. The Balaban J connectivity index is 2.79. The van der Waals surface area contributed by atoms with Gasteiger partial charge in [0.1, 0.15) is 0 Å². The summed E-state index contributed by atoms with van der Waals surface area (Å²) in [5.41, 5.74) is 0. The van der Waals surface area contributed by atoms with E-state index in [2.05, 4.69) is 6.92 Å². The molecule has 0 radical (unpaired) electrons. The van der Waals surface area contributed by atoms with E-state index in [1.54, 1.807) is 0 Å². The van der Waals surface area contributed by atoms with Crippen molar-refractivity contribution < 1.29 is 1.37 Å². The van der Waals surface area contributed by atoms with Crippen LogP contribution in [0.1, 0.15) is 53.2 Å². The molecule has 0 heterocycles. The molecule has 0 spiro atoms. The van der Waals surface area contributed by atoms with Crippen LogP contribution in [0.25, 0.3) is 0 Å². The van der Waals surface area contributed by atoms with Gasteiger partial charge in [-0.25, -0.2) is 0 Å². The molecule has 0 aliphatic rings. The van der Waals surface area contributed by atoms with E-state index < -0.39 is 0 Å². The summed E-state index contributed by atoms with van der Waals surface area (Å²) in [4.78, 5) is 0. The molecular weight excluding hydrogens is 120 g/mol. The molecule has 0 saturated heterocycles. The van der Waals surface area contributed by atoms with Crippen molar-refractivity contribution in [3.8, 4) is 0 Å². The van der Waals surface area contributed by atoms with Crippen LogP contribution in [0, 0.1) is 0 Å². The zero-order valence-electron chi connectivity index (χ0n) is 8.10. The number of hydrogen-bond donors (Lipinski definition) is 0. The van der Waals surface area contributed by atoms with Crippen LogP contribution in [0.2, 0.25) is 0 Å². The lowest BCUT2D eigenvalue weighted by Gasteiger charge is -1.96. The molecule has 0 amide bonds. The van der Waals surface area contributed by atoms with Crippen molar-refractivity contribution in [1.29, 1.82) is 0 Å². The summed E-state index contributed by atoms with van der Waals surface area (Å²) in [6.45, 7) is 3.63. The quantitative estimate of drug-likeness (QED) is 0.372. The molecule has 0 saturated carbocycles. The zero-order valence-corrected chi connectivity index (χ0v) is 7.10. The molecule has 0 aromatic heterocycles. The van der Waals surface area contributed by atoms with Crippen LogP contribution in [-0.4, -0.2) is 0 Å². The normalized spacial score (nSPS) is 12.3. The third kappa shape index (κ3) is 7.74. The van der Waals surface area contributed by atoms with Crippen LogP contribution in [-0.2, 0) is 0 Å². The standard InChI is InChI=1S/C10H20/c1-3-5-7-9-10-8-6-4-2/h3H,1,4-10H2,2H3/i1D. The molecule has 0 fully saturated rings. The van der Waals surface area contributed by atoms with Gasteiger partial charge in [-0.3, -0.25) is 0 Å². The molecule has 0 atom stereocenters. The van der Waals surface area contributed by atoms with Gasteiger partial charge in [-0.2, -0.15) is 0 Å². The molecule has 0 aromatic carbocycles. The van der Waals surface area contributed by atoms with Gasteiger partial charge in [0.05, 0.1) is 1.37 Å². The summed E-state index contributed by atoms with van der Waals surface area (Å²) in [5, 5.41) is 0. The maximum absolute atomic E-state index is 6.77. The summed E-state index contributed by atoms with van der Waals surface area (Å²) in [6.07, 6.45) is 11.1. The molecule has 60 valence electrons. The Morgan fingerprint density at radius 1 is 1.20 bits per heavy atom. The second-order valence-electron chi connectivity index (χ2n) is 2.79. The molecule has 0 rings (SSSR count). The molecule has 0 nitrogen and oxygen atoms in total. The Hall–Kier alpha value is -0.260. The van der Waals surface area contributed by atoms with Gasteiger partial charge in [-0.05, 0) is 12.8 Å². The smallest absolute Gasteiger partial charge is 0.0534 e. The average Bonchev–Trinajstić information content (AvgIpc) is 2.03. The van der Waals surface area contributed by atoms with E-state index in [0.717, 1.165) is 6.42 Å². The second-order valence-corrected chi connectivity index (χ2v) is 2.79. The first-order valence-electron chi connectivity index (χ1n) is 5.03. The van der Waals surface area contributed by atoms with Gasteiger partial charge in [-0.15, -0.1) is 6.55 Å². The lowest BCUT2D eigenvalue weighted by atomic mass is 10.1. The monoisotopic (exact) mass is 141 g/mol. The summed E-state index contributed by atoms with van der Waals surface area (Å²) in [7, 11) is 0. The van der Waals surface area contributed by atoms with E-state index >= 15 is 0 Å². The highest BCUT2D eigenvalue weighted by atomic mass is 13.9. The van der Waals surface area contributed by atoms with Crippen LogP contribution in [0.5, 0.6) is 0 Å². The average molecular weight is 141 g/mol. The Morgan fingerprint density at radius 2 is 1.90 bits per heavy atom. The fraction of sp³-hybridized carbons (Fsp3) is 0.800. The van der Waals surface area contributed by atoms with E-state index in [-0.39, 0.29) is 0 Å². The van der Waals surface area contributed by atoms with E-state index in [1.165, 1.54) is 45.1 Å². The van der Waals surface area contributed by atoms with Gasteiger partial charge < -0.3 is 0 Å². The van der Waals surface area contributed by atoms with Crippen molar-refractivity contribution in [2.75, 3.05) is 0 Å². The van der Waals surface area contributed by atoms with E-state index in [0.29, 0.717) is 0 Å². The lowest BCUT2D eigenvalue weighted by molar-refractivity contribution is 0.611. The molecule has 0 aliphatic carbocycles. The largest absolute Gasteiger partial charge is 0.103 e. The van der Waals surface area contributed by atoms with Crippen molar-refractivity contribution in [2.45, 2.75) is 51.9 Å². The molecule has 0 unspecified atom stereocenters. The van der Waals surface area contributed by atoms with Gasteiger partial charge in [0.2, 0.25) is 0 Å². The Labute approximate surface area is 66.7 Å². The minimum atomic E-state index is 1.09. The molecular formula is C10H20. The van der Waals surface area contributed by atoms with Gasteiger partial charge in [-0.1, -0.05) is 45.1 Å².